The minimum Gasteiger partial charge on any atom is -0.468 e. The Kier molecular flexibility index (Phi) is 9.49. The molecule has 0 saturated carbocycles. The van der Waals surface area contributed by atoms with Gasteiger partial charge in [-0.1, -0.05) is 6.07 Å². The number of aliphatic imine (C=N–C) groups is 1. The van der Waals surface area contributed by atoms with Gasteiger partial charge in [-0.05, 0) is 33.3 Å². The number of ether oxygens (including phenoxy) is 2. The molecule has 0 aliphatic rings. The van der Waals surface area contributed by atoms with Crippen molar-refractivity contribution in [3.8, 4) is 5.88 Å². The minimum atomic E-state index is -4.44. The first-order chi connectivity index (χ1) is 13.5. The summed E-state index contributed by atoms with van der Waals surface area (Å²) in [5.74, 6) is 0.363. The first kappa shape index (κ1) is 24.3. The van der Waals surface area contributed by atoms with Gasteiger partial charge in [-0.25, -0.2) is 9.78 Å². The van der Waals surface area contributed by atoms with Crippen molar-refractivity contribution in [3.05, 3.63) is 23.9 Å². The van der Waals surface area contributed by atoms with E-state index >= 15 is 0 Å². The van der Waals surface area contributed by atoms with Crippen molar-refractivity contribution in [1.82, 2.24) is 20.9 Å². The number of pyridine rings is 1. The molecule has 3 N–H and O–H groups in total. The molecule has 0 aromatic carbocycles. The minimum absolute atomic E-state index is 0.0886. The van der Waals surface area contributed by atoms with Gasteiger partial charge in [0.25, 0.3) is 0 Å². The van der Waals surface area contributed by atoms with Gasteiger partial charge in [0.05, 0.1) is 0 Å². The van der Waals surface area contributed by atoms with Gasteiger partial charge in [-0.15, -0.1) is 0 Å². The molecule has 0 fully saturated rings. The molecule has 164 valence electrons. The number of alkyl carbamates (subject to hydrolysis) is 1. The summed E-state index contributed by atoms with van der Waals surface area (Å²) in [6.45, 7) is 5.05. The third kappa shape index (κ3) is 11.7. The van der Waals surface area contributed by atoms with Crippen LogP contribution in [0.5, 0.6) is 5.88 Å². The Balaban J connectivity index is 2.37. The number of nitrogens with zero attached hydrogens (tertiary/aromatic N) is 2. The van der Waals surface area contributed by atoms with Gasteiger partial charge in [-0.2, -0.15) is 13.2 Å². The van der Waals surface area contributed by atoms with Gasteiger partial charge in [-0.3, -0.25) is 4.99 Å². The summed E-state index contributed by atoms with van der Waals surface area (Å²) < 4.78 is 46.9. The molecule has 0 spiro atoms. The lowest BCUT2D eigenvalue weighted by atomic mass is 10.2. The Morgan fingerprint density at radius 1 is 1.17 bits per heavy atom. The lowest BCUT2D eigenvalue weighted by Gasteiger charge is -2.19. The van der Waals surface area contributed by atoms with E-state index in [-0.39, 0.29) is 12.4 Å². The van der Waals surface area contributed by atoms with Crippen LogP contribution in [0.25, 0.3) is 0 Å². The number of alkyl halides is 3. The zero-order chi connectivity index (χ0) is 21.9. The number of halogens is 3. The van der Waals surface area contributed by atoms with Crippen LogP contribution < -0.4 is 20.7 Å². The maximum atomic E-state index is 12.3. The maximum absolute atomic E-state index is 12.3. The predicted octanol–water partition coefficient (Wildman–Crippen LogP) is 2.60. The Morgan fingerprint density at radius 2 is 1.86 bits per heavy atom. The number of hydrogen-bond donors (Lipinski definition) is 3. The molecule has 0 aliphatic heterocycles. The predicted molar refractivity (Wildman–Crippen MR) is 103 cm³/mol. The molecule has 0 aliphatic carbocycles. The van der Waals surface area contributed by atoms with E-state index in [1.165, 1.54) is 6.20 Å². The standard InChI is InChI=1S/C18H28F3N5O3/c1-17(2,3)29-16(27)25-10-6-9-24-15(22-4)26-11-13-7-5-8-23-14(13)28-12-18(19,20)21/h5,7-8H,6,9-12H2,1-4H3,(H,25,27)(H2,22,24,26). The van der Waals surface area contributed by atoms with Crippen LogP contribution in [0.3, 0.4) is 0 Å². The van der Waals surface area contributed by atoms with Crippen molar-refractivity contribution < 1.29 is 27.4 Å². The van der Waals surface area contributed by atoms with Crippen LogP contribution in [0.1, 0.15) is 32.8 Å². The Morgan fingerprint density at radius 3 is 2.48 bits per heavy atom. The maximum Gasteiger partial charge on any atom is 0.422 e. The van der Waals surface area contributed by atoms with Crippen molar-refractivity contribution in [2.24, 2.45) is 4.99 Å². The lowest BCUT2D eigenvalue weighted by Crippen LogP contribution is -2.39. The summed E-state index contributed by atoms with van der Waals surface area (Å²) >= 11 is 0. The molecule has 1 heterocycles. The van der Waals surface area contributed by atoms with E-state index in [2.05, 4.69) is 25.9 Å². The van der Waals surface area contributed by atoms with Crippen molar-refractivity contribution in [3.63, 3.8) is 0 Å². The highest BCUT2D eigenvalue weighted by Gasteiger charge is 2.29. The zero-order valence-electron chi connectivity index (χ0n) is 17.0. The molecule has 1 amide bonds. The molecule has 0 radical (unpaired) electrons. The van der Waals surface area contributed by atoms with E-state index in [0.29, 0.717) is 31.0 Å². The highest BCUT2D eigenvalue weighted by molar-refractivity contribution is 5.79. The van der Waals surface area contributed by atoms with Gasteiger partial charge < -0.3 is 25.4 Å². The molecule has 8 nitrogen and oxygen atoms in total. The number of rotatable bonds is 8. The second-order valence-corrected chi connectivity index (χ2v) is 7.01. The highest BCUT2D eigenvalue weighted by atomic mass is 19.4. The number of carbonyl (C=O) groups excluding carboxylic acids is 1. The number of aromatic nitrogens is 1. The summed E-state index contributed by atoms with van der Waals surface area (Å²) in [4.78, 5) is 19.4. The molecule has 1 rings (SSSR count). The van der Waals surface area contributed by atoms with Crippen LogP contribution in [-0.2, 0) is 11.3 Å². The fraction of sp³-hybridized carbons (Fsp3) is 0.611. The normalized spacial score (nSPS) is 12.3. The van der Waals surface area contributed by atoms with Crippen LogP contribution >= 0.6 is 0 Å². The lowest BCUT2D eigenvalue weighted by molar-refractivity contribution is -0.154. The molecule has 1 aromatic heterocycles. The SMILES string of the molecule is CN=C(NCCCNC(=O)OC(C)(C)C)NCc1cccnc1OCC(F)(F)F. The first-order valence-corrected chi connectivity index (χ1v) is 9.05. The van der Waals surface area contributed by atoms with Gasteiger partial charge in [0, 0.05) is 38.4 Å². The average Bonchev–Trinajstić information content (AvgIpc) is 2.60. The zero-order valence-corrected chi connectivity index (χ0v) is 17.0. The Labute approximate surface area is 168 Å². The van der Waals surface area contributed by atoms with Gasteiger partial charge in [0.15, 0.2) is 12.6 Å². The number of carbonyl (C=O) groups is 1. The first-order valence-electron chi connectivity index (χ1n) is 9.05. The molecule has 0 atom stereocenters. The molecular weight excluding hydrogens is 391 g/mol. The number of amides is 1. The molecule has 0 bridgehead atoms. The number of guanidine groups is 1. The largest absolute Gasteiger partial charge is 0.468 e. The van der Waals surface area contributed by atoms with Gasteiger partial charge >= 0.3 is 12.3 Å². The summed E-state index contributed by atoms with van der Waals surface area (Å²) in [5, 5.41) is 8.67. The molecule has 0 saturated heterocycles. The van der Waals surface area contributed by atoms with Crippen molar-refractivity contribution in [2.45, 2.75) is 45.5 Å². The fourth-order valence-electron chi connectivity index (χ4n) is 2.04. The van der Waals surface area contributed by atoms with Crippen molar-refractivity contribution in [2.75, 3.05) is 26.7 Å². The Hall–Kier alpha value is -2.72. The Bertz CT molecular complexity index is 675. The molecule has 0 unspecified atom stereocenters. The molecule has 11 heteroatoms. The van der Waals surface area contributed by atoms with Crippen LogP contribution in [0.2, 0.25) is 0 Å². The van der Waals surface area contributed by atoms with Gasteiger partial charge in [0.1, 0.15) is 5.60 Å². The highest BCUT2D eigenvalue weighted by Crippen LogP contribution is 2.19. The van der Waals surface area contributed by atoms with Crippen LogP contribution in [0, 0.1) is 0 Å². The quantitative estimate of drug-likeness (QED) is 0.341. The van der Waals surface area contributed by atoms with E-state index in [1.807, 2.05) is 0 Å². The monoisotopic (exact) mass is 419 g/mol. The van der Waals surface area contributed by atoms with E-state index in [4.69, 9.17) is 9.47 Å². The smallest absolute Gasteiger partial charge is 0.422 e. The summed E-state index contributed by atoms with van der Waals surface area (Å²) in [6, 6.07) is 3.22. The van der Waals surface area contributed by atoms with Crippen LogP contribution in [0.4, 0.5) is 18.0 Å². The van der Waals surface area contributed by atoms with Crippen LogP contribution in [-0.4, -0.2) is 55.6 Å². The van der Waals surface area contributed by atoms with Gasteiger partial charge in [0.2, 0.25) is 5.88 Å². The number of hydrogen-bond acceptors (Lipinski definition) is 5. The molecular formula is C18H28F3N5O3. The average molecular weight is 419 g/mol. The summed E-state index contributed by atoms with van der Waals surface area (Å²) in [6.07, 6.45) is -2.94. The molecule has 29 heavy (non-hydrogen) atoms. The fourth-order valence-corrected chi connectivity index (χ4v) is 2.04. The summed E-state index contributed by atoms with van der Waals surface area (Å²) in [7, 11) is 1.57. The topological polar surface area (TPSA) is 96.9 Å². The van der Waals surface area contributed by atoms with Crippen molar-refractivity contribution in [1.29, 1.82) is 0 Å². The summed E-state index contributed by atoms with van der Waals surface area (Å²) in [5.41, 5.74) is -0.0882. The van der Waals surface area contributed by atoms with E-state index < -0.39 is 24.5 Å². The second kappa shape index (κ2) is 11.3. The van der Waals surface area contributed by atoms with E-state index in [0.717, 1.165) is 0 Å². The molecule has 1 aromatic rings. The second-order valence-electron chi connectivity index (χ2n) is 7.01. The van der Waals surface area contributed by atoms with Crippen LogP contribution in [0.15, 0.2) is 23.3 Å². The van der Waals surface area contributed by atoms with E-state index in [1.54, 1.807) is 40.0 Å². The number of nitrogens with one attached hydrogen (secondary N) is 3. The third-order valence-corrected chi connectivity index (χ3v) is 3.21. The van der Waals surface area contributed by atoms with E-state index in [9.17, 15) is 18.0 Å². The van der Waals surface area contributed by atoms with Crippen molar-refractivity contribution >= 4 is 12.1 Å². The third-order valence-electron chi connectivity index (χ3n) is 3.21.